The van der Waals surface area contributed by atoms with E-state index in [1.54, 1.807) is 26.0 Å². The van der Waals surface area contributed by atoms with Crippen molar-refractivity contribution in [1.82, 2.24) is 10.3 Å². The van der Waals surface area contributed by atoms with Crippen LogP contribution >= 0.6 is 0 Å². The Morgan fingerprint density at radius 3 is 2.62 bits per heavy atom. The van der Waals surface area contributed by atoms with Gasteiger partial charge in [0.15, 0.2) is 11.6 Å². The van der Waals surface area contributed by atoms with E-state index in [-0.39, 0.29) is 46.3 Å². The van der Waals surface area contributed by atoms with Crippen molar-refractivity contribution in [2.24, 2.45) is 5.92 Å². The Morgan fingerprint density at radius 2 is 2.06 bits per heavy atom. The number of amides is 1. The van der Waals surface area contributed by atoms with Gasteiger partial charge in [0.1, 0.15) is 5.69 Å². The molecule has 1 saturated carbocycles. The summed E-state index contributed by atoms with van der Waals surface area (Å²) in [6.07, 6.45) is 9.88. The Hall–Kier alpha value is -3.07. The van der Waals surface area contributed by atoms with Crippen molar-refractivity contribution >= 4 is 23.2 Å². The van der Waals surface area contributed by atoms with E-state index in [1.165, 1.54) is 18.3 Å². The average molecular weight is 449 g/mol. The normalized spacial score (nSPS) is 15.0. The highest BCUT2D eigenvalue weighted by atomic mass is 19.3. The standard InChI is InChI=1S/C23H30F2N4O3/c1-4-7-9-16(27-22(31)15-11-12-15)14-18(17(5-2)20(30)6-3)28-21-19(10-8-13-26-21)29(32)23(24)25/h5,8-10,13-15,23,32H,4,6-7,11-12H2,1-3H3,(H,26,28)(H,27,31)/b16-9-,17-5+,18-14+. The minimum atomic E-state index is -3.16. The predicted molar refractivity (Wildman–Crippen MR) is 119 cm³/mol. The smallest absolute Gasteiger partial charge is 0.336 e. The second-order valence-electron chi connectivity index (χ2n) is 7.37. The highest BCUT2D eigenvalue weighted by Crippen LogP contribution is 2.30. The van der Waals surface area contributed by atoms with Gasteiger partial charge in [0, 0.05) is 29.8 Å². The Balaban J connectivity index is 2.50. The number of alkyl halides is 2. The third-order valence-electron chi connectivity index (χ3n) is 4.84. The molecule has 1 amide bonds. The number of carbonyl (C=O) groups is 2. The predicted octanol–water partition coefficient (Wildman–Crippen LogP) is 4.93. The molecule has 32 heavy (non-hydrogen) atoms. The SMILES string of the molecule is C\C=C(C(=O)CC)/C(=C\C(=C\CCC)NC(=O)C1CC1)Nc1ncccc1N(O)C(F)F. The quantitative estimate of drug-likeness (QED) is 0.182. The number of hydrogen-bond donors (Lipinski definition) is 3. The van der Waals surface area contributed by atoms with Crippen LogP contribution in [-0.2, 0) is 9.59 Å². The Bertz CT molecular complexity index is 908. The minimum Gasteiger partial charge on any atom is -0.338 e. The topological polar surface area (TPSA) is 94.6 Å². The number of ketones is 1. The molecular formula is C23H30F2N4O3. The van der Waals surface area contributed by atoms with Crippen molar-refractivity contribution in [2.45, 2.75) is 59.4 Å². The zero-order valence-corrected chi connectivity index (χ0v) is 18.6. The van der Waals surface area contributed by atoms with Gasteiger partial charge in [-0.15, -0.1) is 0 Å². The summed E-state index contributed by atoms with van der Waals surface area (Å²) < 4.78 is 26.2. The zero-order valence-electron chi connectivity index (χ0n) is 18.6. The number of carbonyl (C=O) groups excluding carboxylic acids is 2. The Morgan fingerprint density at radius 1 is 1.34 bits per heavy atom. The summed E-state index contributed by atoms with van der Waals surface area (Å²) in [5.41, 5.74) is 0.838. The maximum Gasteiger partial charge on any atom is 0.336 e. The van der Waals surface area contributed by atoms with Crippen LogP contribution in [0.2, 0.25) is 0 Å². The molecule has 2 rings (SSSR count). The monoisotopic (exact) mass is 448 g/mol. The van der Waals surface area contributed by atoms with Gasteiger partial charge in [-0.25, -0.2) is 4.98 Å². The lowest BCUT2D eigenvalue weighted by molar-refractivity contribution is -0.121. The summed E-state index contributed by atoms with van der Waals surface area (Å²) in [7, 11) is 0. The van der Waals surface area contributed by atoms with Crippen LogP contribution in [0.25, 0.3) is 0 Å². The first-order valence-electron chi connectivity index (χ1n) is 10.7. The first kappa shape index (κ1) is 25.2. The molecule has 3 N–H and O–H groups in total. The molecule has 174 valence electrons. The first-order chi connectivity index (χ1) is 15.3. The molecule has 9 heteroatoms. The summed E-state index contributed by atoms with van der Waals surface area (Å²) in [5.74, 6) is -0.348. The van der Waals surface area contributed by atoms with Crippen LogP contribution in [0.1, 0.15) is 52.9 Å². The van der Waals surface area contributed by atoms with Crippen molar-refractivity contribution in [2.75, 3.05) is 10.4 Å². The summed E-state index contributed by atoms with van der Waals surface area (Å²) >= 11 is 0. The summed E-state index contributed by atoms with van der Waals surface area (Å²) in [6.45, 7) is 2.24. The molecule has 1 aliphatic rings. The molecule has 1 aromatic heterocycles. The molecule has 0 bridgehead atoms. The van der Waals surface area contributed by atoms with Gasteiger partial charge >= 0.3 is 6.55 Å². The first-order valence-corrected chi connectivity index (χ1v) is 10.7. The van der Waals surface area contributed by atoms with Gasteiger partial charge in [-0.1, -0.05) is 32.4 Å². The molecule has 1 aromatic rings. The van der Waals surface area contributed by atoms with E-state index in [1.807, 2.05) is 13.0 Å². The summed E-state index contributed by atoms with van der Waals surface area (Å²) in [4.78, 5) is 29.0. The fourth-order valence-corrected chi connectivity index (χ4v) is 2.94. The zero-order chi connectivity index (χ0) is 23.7. The van der Waals surface area contributed by atoms with Crippen LogP contribution in [-0.4, -0.2) is 28.4 Å². The van der Waals surface area contributed by atoms with Gasteiger partial charge in [-0.3, -0.25) is 14.8 Å². The number of halogens is 2. The Labute approximate surface area is 186 Å². The lowest BCUT2D eigenvalue weighted by atomic mass is 10.0. The highest BCUT2D eigenvalue weighted by Gasteiger charge is 2.30. The van der Waals surface area contributed by atoms with Gasteiger partial charge in [0.2, 0.25) is 5.91 Å². The molecule has 0 spiro atoms. The molecule has 0 saturated heterocycles. The van der Waals surface area contributed by atoms with Crippen LogP contribution in [0.15, 0.2) is 53.5 Å². The van der Waals surface area contributed by atoms with Crippen LogP contribution in [0, 0.1) is 5.92 Å². The molecule has 0 aliphatic heterocycles. The molecule has 1 aliphatic carbocycles. The van der Waals surface area contributed by atoms with Crippen LogP contribution < -0.4 is 15.7 Å². The lowest BCUT2D eigenvalue weighted by Gasteiger charge is -2.21. The lowest BCUT2D eigenvalue weighted by Crippen LogP contribution is -2.26. The van der Waals surface area contributed by atoms with E-state index < -0.39 is 6.55 Å². The second-order valence-corrected chi connectivity index (χ2v) is 7.37. The second kappa shape index (κ2) is 12.1. The molecule has 1 heterocycles. The number of rotatable bonds is 12. The van der Waals surface area contributed by atoms with Gasteiger partial charge in [-0.2, -0.15) is 13.8 Å². The average Bonchev–Trinajstić information content (AvgIpc) is 3.63. The number of nitrogens with zero attached hydrogens (tertiary/aromatic N) is 2. The third-order valence-corrected chi connectivity index (χ3v) is 4.84. The molecule has 7 nitrogen and oxygen atoms in total. The maximum atomic E-state index is 13.1. The van der Waals surface area contributed by atoms with E-state index in [0.717, 1.165) is 19.3 Å². The van der Waals surface area contributed by atoms with Crippen molar-refractivity contribution < 1.29 is 23.6 Å². The molecule has 0 unspecified atom stereocenters. The number of aromatic nitrogens is 1. The van der Waals surface area contributed by atoms with Crippen molar-refractivity contribution in [3.05, 3.63) is 53.5 Å². The van der Waals surface area contributed by atoms with Gasteiger partial charge < -0.3 is 10.6 Å². The summed E-state index contributed by atoms with van der Waals surface area (Å²) in [6, 6.07) is 2.69. The maximum absolute atomic E-state index is 13.1. The van der Waals surface area contributed by atoms with Crippen LogP contribution in [0.5, 0.6) is 0 Å². The van der Waals surface area contributed by atoms with Crippen molar-refractivity contribution in [1.29, 1.82) is 0 Å². The number of anilines is 2. The number of unbranched alkanes of at least 4 members (excludes halogenated alkanes) is 1. The molecule has 1 fully saturated rings. The molecule has 0 atom stereocenters. The molecule has 0 radical (unpaired) electrons. The highest BCUT2D eigenvalue weighted by molar-refractivity contribution is 6.00. The van der Waals surface area contributed by atoms with E-state index in [0.29, 0.717) is 17.7 Å². The van der Waals surface area contributed by atoms with Gasteiger partial charge in [-0.05, 0) is 44.4 Å². The largest absolute Gasteiger partial charge is 0.338 e. The Kier molecular flexibility index (Phi) is 9.52. The van der Waals surface area contributed by atoms with Gasteiger partial charge in [0.25, 0.3) is 0 Å². The fourth-order valence-electron chi connectivity index (χ4n) is 2.94. The van der Waals surface area contributed by atoms with Crippen LogP contribution in [0.3, 0.4) is 0 Å². The van der Waals surface area contributed by atoms with E-state index in [4.69, 9.17) is 0 Å². The van der Waals surface area contributed by atoms with Crippen molar-refractivity contribution in [3.63, 3.8) is 0 Å². The number of Topliss-reactive ketones (excluding diaryl/α,β-unsaturated/α-hetero) is 1. The minimum absolute atomic E-state index is 0.0142. The fraction of sp³-hybridized carbons (Fsp3) is 0.435. The molecule has 0 aromatic carbocycles. The van der Waals surface area contributed by atoms with Crippen LogP contribution in [0.4, 0.5) is 20.3 Å². The third kappa shape index (κ3) is 6.98. The number of allylic oxidation sites excluding steroid dienone is 4. The number of hydroxylamine groups is 1. The van der Waals surface area contributed by atoms with Crippen molar-refractivity contribution in [3.8, 4) is 0 Å². The van der Waals surface area contributed by atoms with Gasteiger partial charge in [0.05, 0.1) is 5.70 Å². The number of nitrogens with one attached hydrogen (secondary N) is 2. The van der Waals surface area contributed by atoms with E-state index in [2.05, 4.69) is 15.6 Å². The number of hydrogen-bond acceptors (Lipinski definition) is 6. The summed E-state index contributed by atoms with van der Waals surface area (Å²) in [5, 5.41) is 15.4. The number of pyridine rings is 1. The van der Waals surface area contributed by atoms with E-state index in [9.17, 15) is 23.6 Å². The van der Waals surface area contributed by atoms with E-state index >= 15 is 0 Å². The molecular weight excluding hydrogens is 418 g/mol.